The maximum absolute atomic E-state index is 10.4. The maximum Gasteiger partial charge on any atom is 0.242 e. The van der Waals surface area contributed by atoms with Crippen molar-refractivity contribution in [3.63, 3.8) is 0 Å². The first-order chi connectivity index (χ1) is 10.8. The fraction of sp³-hybridized carbons (Fsp3) is 0.0625. The van der Waals surface area contributed by atoms with E-state index in [1.807, 2.05) is 48.5 Å². The summed E-state index contributed by atoms with van der Waals surface area (Å²) in [6.07, 6.45) is 0.532. The van der Waals surface area contributed by atoms with Crippen molar-refractivity contribution < 1.29 is 9.53 Å². The molecular weight excluding hydrogens is 280 g/mol. The zero-order valence-corrected chi connectivity index (χ0v) is 11.9. The molecule has 2 N–H and O–H groups in total. The van der Waals surface area contributed by atoms with E-state index in [0.717, 1.165) is 27.9 Å². The first kappa shape index (κ1) is 13.8. The van der Waals surface area contributed by atoms with Crippen LogP contribution in [0.2, 0.25) is 0 Å². The number of nitrogens with zero attached hydrogens (tertiary/aromatic N) is 2. The molecule has 0 aliphatic rings. The van der Waals surface area contributed by atoms with Gasteiger partial charge in [0.1, 0.15) is 5.75 Å². The van der Waals surface area contributed by atoms with Crippen LogP contribution in [0.15, 0.2) is 48.5 Å². The molecule has 110 valence electrons. The molecule has 0 spiro atoms. The van der Waals surface area contributed by atoms with Crippen LogP contribution in [0.4, 0.5) is 5.95 Å². The highest BCUT2D eigenvalue weighted by molar-refractivity contribution is 5.94. The molecule has 3 rings (SSSR count). The molecule has 0 radical (unpaired) electrons. The Balaban J connectivity index is 2.22. The van der Waals surface area contributed by atoms with Crippen molar-refractivity contribution >= 4 is 23.3 Å². The highest BCUT2D eigenvalue weighted by Gasteiger charge is 2.10. The first-order valence-electron chi connectivity index (χ1n) is 6.68. The minimum absolute atomic E-state index is 0.323. The third-order valence-electron chi connectivity index (χ3n) is 3.19. The number of hydrazine groups is 1. The predicted octanol–water partition coefficient (Wildman–Crippen LogP) is 2.38. The van der Waals surface area contributed by atoms with E-state index in [0.29, 0.717) is 12.4 Å². The van der Waals surface area contributed by atoms with E-state index in [1.54, 1.807) is 7.11 Å². The van der Waals surface area contributed by atoms with Crippen LogP contribution in [0.3, 0.4) is 0 Å². The van der Waals surface area contributed by atoms with Crippen LogP contribution in [0, 0.1) is 0 Å². The number of amides is 1. The van der Waals surface area contributed by atoms with Crippen LogP contribution in [-0.2, 0) is 4.79 Å². The quantitative estimate of drug-likeness (QED) is 0.558. The molecule has 6 nitrogen and oxygen atoms in total. The van der Waals surface area contributed by atoms with Crippen molar-refractivity contribution in [1.82, 2.24) is 15.4 Å². The zero-order valence-electron chi connectivity index (χ0n) is 11.9. The summed E-state index contributed by atoms with van der Waals surface area (Å²) in [6.45, 7) is 0. The summed E-state index contributed by atoms with van der Waals surface area (Å²) >= 11 is 0. The number of fused-ring (bicyclic) bond motifs is 1. The van der Waals surface area contributed by atoms with Gasteiger partial charge in [-0.1, -0.05) is 30.3 Å². The molecular formula is C16H14N4O2. The van der Waals surface area contributed by atoms with Crippen LogP contribution in [0.5, 0.6) is 5.75 Å². The average Bonchev–Trinajstić information content (AvgIpc) is 2.59. The number of carbonyl (C=O) groups is 1. The number of carbonyl (C=O) groups excluding carboxylic acids is 1. The van der Waals surface area contributed by atoms with Gasteiger partial charge in [-0.15, -0.1) is 0 Å². The lowest BCUT2D eigenvalue weighted by Crippen LogP contribution is -2.21. The second-order valence-electron chi connectivity index (χ2n) is 4.53. The van der Waals surface area contributed by atoms with Gasteiger partial charge in [0.15, 0.2) is 0 Å². The number of ether oxygens (including phenoxy) is 1. The van der Waals surface area contributed by atoms with Gasteiger partial charge in [0, 0.05) is 10.9 Å². The molecule has 0 atom stereocenters. The molecule has 1 heterocycles. The molecule has 6 heteroatoms. The van der Waals surface area contributed by atoms with Crippen molar-refractivity contribution in [3.05, 3.63) is 48.5 Å². The monoisotopic (exact) mass is 294 g/mol. The van der Waals surface area contributed by atoms with Gasteiger partial charge in [-0.3, -0.25) is 15.6 Å². The van der Waals surface area contributed by atoms with Crippen LogP contribution < -0.4 is 15.6 Å². The van der Waals surface area contributed by atoms with Gasteiger partial charge in [-0.05, 0) is 18.2 Å². The van der Waals surface area contributed by atoms with E-state index in [2.05, 4.69) is 20.8 Å². The highest BCUT2D eigenvalue weighted by Crippen LogP contribution is 2.29. The smallest absolute Gasteiger partial charge is 0.242 e. The topological polar surface area (TPSA) is 76.1 Å². The summed E-state index contributed by atoms with van der Waals surface area (Å²) in [5.41, 5.74) is 7.48. The summed E-state index contributed by atoms with van der Waals surface area (Å²) in [6, 6.07) is 15.4. The number of aromatic nitrogens is 2. The van der Waals surface area contributed by atoms with Crippen LogP contribution in [0.25, 0.3) is 22.2 Å². The number of hydrogen-bond acceptors (Lipinski definition) is 5. The Hall–Kier alpha value is -3.15. The fourth-order valence-electron chi connectivity index (χ4n) is 2.20. The van der Waals surface area contributed by atoms with Gasteiger partial charge >= 0.3 is 0 Å². The van der Waals surface area contributed by atoms with Gasteiger partial charge in [-0.25, -0.2) is 9.97 Å². The van der Waals surface area contributed by atoms with E-state index in [1.165, 1.54) is 0 Å². The molecule has 0 saturated carbocycles. The van der Waals surface area contributed by atoms with Gasteiger partial charge in [-0.2, -0.15) is 0 Å². The van der Waals surface area contributed by atoms with Crippen molar-refractivity contribution in [1.29, 1.82) is 0 Å². The second kappa shape index (κ2) is 6.09. The molecule has 0 fully saturated rings. The van der Waals surface area contributed by atoms with E-state index >= 15 is 0 Å². The van der Waals surface area contributed by atoms with E-state index < -0.39 is 0 Å². The Kier molecular flexibility index (Phi) is 3.82. The molecule has 0 unspecified atom stereocenters. The van der Waals surface area contributed by atoms with Crippen LogP contribution in [-0.4, -0.2) is 23.5 Å². The van der Waals surface area contributed by atoms with Crippen molar-refractivity contribution in [3.8, 4) is 17.0 Å². The van der Waals surface area contributed by atoms with E-state index in [4.69, 9.17) is 4.74 Å². The number of nitrogens with one attached hydrogen (secondary N) is 2. The SMILES string of the molecule is COc1ccc2nc(NNC=O)nc(-c3ccccc3)c2c1. The number of methoxy groups -OCH3 is 1. The average molecular weight is 294 g/mol. The predicted molar refractivity (Wildman–Crippen MR) is 84.3 cm³/mol. The summed E-state index contributed by atoms with van der Waals surface area (Å²) < 4.78 is 5.28. The molecule has 0 saturated heterocycles. The zero-order chi connectivity index (χ0) is 15.4. The highest BCUT2D eigenvalue weighted by atomic mass is 16.5. The van der Waals surface area contributed by atoms with Crippen molar-refractivity contribution in [2.45, 2.75) is 0 Å². The molecule has 0 aliphatic carbocycles. The van der Waals surface area contributed by atoms with E-state index in [9.17, 15) is 4.79 Å². The molecule has 22 heavy (non-hydrogen) atoms. The molecule has 1 amide bonds. The standard InChI is InChI=1S/C16H14N4O2/c1-22-12-7-8-14-13(9-12)15(11-5-3-2-4-6-11)19-16(18-14)20-17-10-21/h2-10H,1H3,(H,17,21)(H,18,19,20). The number of anilines is 1. The maximum atomic E-state index is 10.4. The molecule has 0 aliphatic heterocycles. The fourth-order valence-corrected chi connectivity index (χ4v) is 2.20. The Labute approximate surface area is 127 Å². The number of benzene rings is 2. The second-order valence-corrected chi connectivity index (χ2v) is 4.53. The largest absolute Gasteiger partial charge is 0.497 e. The van der Waals surface area contributed by atoms with Crippen LogP contribution in [0.1, 0.15) is 0 Å². The summed E-state index contributed by atoms with van der Waals surface area (Å²) in [4.78, 5) is 19.3. The molecule has 2 aromatic carbocycles. The van der Waals surface area contributed by atoms with Crippen LogP contribution >= 0.6 is 0 Å². The first-order valence-corrected chi connectivity index (χ1v) is 6.68. The minimum Gasteiger partial charge on any atom is -0.497 e. The lowest BCUT2D eigenvalue weighted by molar-refractivity contribution is -0.109. The number of rotatable bonds is 5. The molecule has 1 aromatic heterocycles. The van der Waals surface area contributed by atoms with E-state index in [-0.39, 0.29) is 0 Å². The van der Waals surface area contributed by atoms with Crippen molar-refractivity contribution in [2.75, 3.05) is 12.5 Å². The van der Waals surface area contributed by atoms with Gasteiger partial charge in [0.05, 0.1) is 18.3 Å². The van der Waals surface area contributed by atoms with Crippen molar-refractivity contribution in [2.24, 2.45) is 0 Å². The number of hydrogen-bond donors (Lipinski definition) is 2. The van der Waals surface area contributed by atoms with Gasteiger partial charge in [0.25, 0.3) is 0 Å². The lowest BCUT2D eigenvalue weighted by Gasteiger charge is -2.10. The Bertz CT molecular complexity index is 806. The Morgan fingerprint density at radius 2 is 1.91 bits per heavy atom. The third-order valence-corrected chi connectivity index (χ3v) is 3.19. The summed E-state index contributed by atoms with van der Waals surface area (Å²) in [5.74, 6) is 1.06. The minimum atomic E-state index is 0.323. The molecule has 0 bridgehead atoms. The summed E-state index contributed by atoms with van der Waals surface area (Å²) in [5, 5.41) is 0.877. The molecule has 3 aromatic rings. The Morgan fingerprint density at radius 1 is 1.09 bits per heavy atom. The summed E-state index contributed by atoms with van der Waals surface area (Å²) in [7, 11) is 1.62. The van der Waals surface area contributed by atoms with Gasteiger partial charge in [0.2, 0.25) is 12.4 Å². The van der Waals surface area contributed by atoms with Gasteiger partial charge < -0.3 is 4.74 Å². The third kappa shape index (κ3) is 2.67. The Morgan fingerprint density at radius 3 is 2.64 bits per heavy atom. The lowest BCUT2D eigenvalue weighted by atomic mass is 10.1. The normalized spacial score (nSPS) is 10.2.